The van der Waals surface area contributed by atoms with Crippen molar-refractivity contribution >= 4 is 21.7 Å². The second-order valence-electron chi connectivity index (χ2n) is 3.43. The molecule has 19 heavy (non-hydrogen) atoms. The number of nitro benzene ring substituents is 1. The molecule has 0 atom stereocenters. The molecule has 0 aliphatic rings. The topological polar surface area (TPSA) is 150 Å². The van der Waals surface area contributed by atoms with Crippen molar-refractivity contribution in [1.82, 2.24) is 0 Å². The van der Waals surface area contributed by atoms with Gasteiger partial charge in [0.1, 0.15) is 10.6 Å². The number of sulfonamides is 1. The summed E-state index contributed by atoms with van der Waals surface area (Å²) in [5.74, 6) is -1.35. The number of nitro groups is 1. The number of nitrogens with zero attached hydrogens (tertiary/aromatic N) is 1. The van der Waals surface area contributed by atoms with Crippen LogP contribution in [0, 0.1) is 10.1 Å². The molecule has 1 aromatic rings. The van der Waals surface area contributed by atoms with Crippen molar-refractivity contribution in [2.75, 3.05) is 6.61 Å². The lowest BCUT2D eigenvalue weighted by molar-refractivity contribution is -0.385. The molecule has 0 aliphatic heterocycles. The quantitative estimate of drug-likeness (QED) is 0.556. The number of non-ortho nitro benzene ring substituents is 1. The van der Waals surface area contributed by atoms with Gasteiger partial charge in [-0.3, -0.25) is 14.9 Å². The number of hydrogen-bond donors (Lipinski definition) is 2. The molecule has 0 bridgehead atoms. The van der Waals surface area contributed by atoms with E-state index in [1.165, 1.54) is 0 Å². The van der Waals surface area contributed by atoms with Crippen LogP contribution < -0.4 is 9.88 Å². The minimum atomic E-state index is -4.22. The van der Waals surface area contributed by atoms with Crippen LogP contribution in [0.25, 0.3) is 0 Å². The number of carboxylic acid groups (broad SMARTS) is 1. The highest BCUT2D eigenvalue weighted by Crippen LogP contribution is 2.27. The Morgan fingerprint density at radius 3 is 2.58 bits per heavy atom. The maximum absolute atomic E-state index is 11.3. The number of aliphatic carboxylic acids is 1. The first-order valence-electron chi connectivity index (χ1n) is 4.87. The Morgan fingerprint density at radius 2 is 2.11 bits per heavy atom. The van der Waals surface area contributed by atoms with Crippen LogP contribution in [0.15, 0.2) is 23.1 Å². The lowest BCUT2D eigenvalue weighted by Crippen LogP contribution is -2.15. The zero-order valence-electron chi connectivity index (χ0n) is 9.48. The molecule has 0 unspecified atom stereocenters. The Bertz CT molecular complexity index is 611. The summed E-state index contributed by atoms with van der Waals surface area (Å²) in [6, 6.07) is 2.84. The zero-order chi connectivity index (χ0) is 14.6. The van der Waals surface area contributed by atoms with Crippen molar-refractivity contribution in [3.05, 3.63) is 28.3 Å². The van der Waals surface area contributed by atoms with E-state index in [-0.39, 0.29) is 18.8 Å². The highest BCUT2D eigenvalue weighted by atomic mass is 32.2. The van der Waals surface area contributed by atoms with Gasteiger partial charge in [-0.2, -0.15) is 0 Å². The van der Waals surface area contributed by atoms with E-state index >= 15 is 0 Å². The van der Waals surface area contributed by atoms with Gasteiger partial charge in [-0.05, 0) is 6.07 Å². The summed E-state index contributed by atoms with van der Waals surface area (Å²) < 4.78 is 27.5. The molecule has 0 aromatic heterocycles. The molecule has 0 aliphatic carbocycles. The second-order valence-corrected chi connectivity index (χ2v) is 4.96. The first-order chi connectivity index (χ1) is 8.71. The van der Waals surface area contributed by atoms with E-state index in [0.29, 0.717) is 0 Å². The van der Waals surface area contributed by atoms with E-state index in [4.69, 9.17) is 15.0 Å². The van der Waals surface area contributed by atoms with Gasteiger partial charge in [0, 0.05) is 12.1 Å². The van der Waals surface area contributed by atoms with Gasteiger partial charge < -0.3 is 9.84 Å². The number of primary sulfonamides is 1. The minimum absolute atomic E-state index is 0.227. The SMILES string of the molecule is NS(=O)(=O)c1cc([N+](=O)[O-])ccc1OCCC(=O)O. The Kier molecular flexibility index (Phi) is 4.40. The molecule has 0 amide bonds. The highest BCUT2D eigenvalue weighted by Gasteiger charge is 2.20. The summed E-state index contributed by atoms with van der Waals surface area (Å²) in [7, 11) is -4.22. The van der Waals surface area contributed by atoms with Gasteiger partial charge in [-0.25, -0.2) is 13.6 Å². The van der Waals surface area contributed by atoms with Crippen LogP contribution in [0.1, 0.15) is 6.42 Å². The van der Waals surface area contributed by atoms with Crippen molar-refractivity contribution in [2.45, 2.75) is 11.3 Å². The lowest BCUT2D eigenvalue weighted by Gasteiger charge is -2.08. The third-order valence-corrected chi connectivity index (χ3v) is 2.95. The molecular weight excluding hydrogens is 280 g/mol. The van der Waals surface area contributed by atoms with Crippen molar-refractivity contribution in [2.24, 2.45) is 5.14 Å². The maximum atomic E-state index is 11.3. The summed E-state index contributed by atoms with van der Waals surface area (Å²) in [4.78, 5) is 19.5. The predicted molar refractivity (Wildman–Crippen MR) is 62.2 cm³/mol. The first kappa shape index (κ1) is 14.9. The van der Waals surface area contributed by atoms with Gasteiger partial charge >= 0.3 is 5.97 Å². The lowest BCUT2D eigenvalue weighted by atomic mass is 10.3. The largest absolute Gasteiger partial charge is 0.492 e. The molecule has 104 valence electrons. The van der Waals surface area contributed by atoms with Gasteiger partial charge in [0.25, 0.3) is 5.69 Å². The van der Waals surface area contributed by atoms with E-state index in [9.17, 15) is 23.3 Å². The van der Waals surface area contributed by atoms with Crippen LogP contribution in [0.5, 0.6) is 5.75 Å². The highest BCUT2D eigenvalue weighted by molar-refractivity contribution is 7.89. The number of carboxylic acids is 1. The van der Waals surface area contributed by atoms with Gasteiger partial charge in [-0.15, -0.1) is 0 Å². The normalized spacial score (nSPS) is 11.0. The minimum Gasteiger partial charge on any atom is -0.492 e. The Morgan fingerprint density at radius 1 is 1.47 bits per heavy atom. The smallest absolute Gasteiger partial charge is 0.306 e. The Labute approximate surface area is 107 Å². The molecule has 0 radical (unpaired) electrons. The van der Waals surface area contributed by atoms with Crippen LogP contribution in [0.2, 0.25) is 0 Å². The number of carbonyl (C=O) groups is 1. The molecule has 0 spiro atoms. The summed E-state index contributed by atoms with van der Waals surface area (Å²) in [5, 5.41) is 23.9. The van der Waals surface area contributed by atoms with E-state index in [1.807, 2.05) is 0 Å². The molecule has 1 aromatic carbocycles. The maximum Gasteiger partial charge on any atom is 0.306 e. The average molecular weight is 290 g/mol. The molecule has 3 N–H and O–H groups in total. The second kappa shape index (κ2) is 5.63. The Balaban J connectivity index is 3.10. The van der Waals surface area contributed by atoms with Gasteiger partial charge in [0.05, 0.1) is 18.0 Å². The fourth-order valence-electron chi connectivity index (χ4n) is 1.20. The molecule has 10 heteroatoms. The van der Waals surface area contributed by atoms with Crippen LogP contribution in [0.3, 0.4) is 0 Å². The number of ether oxygens (including phenoxy) is 1. The van der Waals surface area contributed by atoms with E-state index in [0.717, 1.165) is 18.2 Å². The van der Waals surface area contributed by atoms with E-state index in [2.05, 4.69) is 0 Å². The third-order valence-electron chi connectivity index (χ3n) is 2.02. The van der Waals surface area contributed by atoms with E-state index < -0.39 is 31.5 Å². The van der Waals surface area contributed by atoms with Crippen molar-refractivity contribution in [3.8, 4) is 5.75 Å². The monoisotopic (exact) mass is 290 g/mol. The van der Waals surface area contributed by atoms with Gasteiger partial charge in [0.2, 0.25) is 10.0 Å². The van der Waals surface area contributed by atoms with Crippen LogP contribution in [-0.2, 0) is 14.8 Å². The standard InChI is InChI=1S/C9H10N2O7S/c10-19(16,17)8-5-6(11(14)15)1-2-7(8)18-4-3-9(12)13/h1-2,5H,3-4H2,(H,12,13)(H2,10,16,17). The molecule has 0 heterocycles. The van der Waals surface area contributed by atoms with E-state index in [1.54, 1.807) is 0 Å². The number of hydrogen-bond acceptors (Lipinski definition) is 6. The molecule has 0 saturated heterocycles. The Hall–Kier alpha value is -2.20. The van der Waals surface area contributed by atoms with Crippen molar-refractivity contribution < 1.29 is 28.0 Å². The number of rotatable bonds is 6. The average Bonchev–Trinajstić information content (AvgIpc) is 2.27. The molecule has 9 nitrogen and oxygen atoms in total. The summed E-state index contributed by atoms with van der Waals surface area (Å²) in [5.41, 5.74) is -0.463. The fourth-order valence-corrected chi connectivity index (χ4v) is 1.89. The molecular formula is C9H10N2O7S. The number of nitrogens with two attached hydrogens (primary N) is 1. The van der Waals surface area contributed by atoms with Gasteiger partial charge in [-0.1, -0.05) is 0 Å². The molecule has 0 saturated carbocycles. The summed E-state index contributed by atoms with van der Waals surface area (Å²) in [6.07, 6.45) is -0.346. The predicted octanol–water partition coefficient (Wildman–Crippen LogP) is 0.0957. The zero-order valence-corrected chi connectivity index (χ0v) is 10.3. The van der Waals surface area contributed by atoms with Gasteiger partial charge in [0.15, 0.2) is 0 Å². The fraction of sp³-hybridized carbons (Fsp3) is 0.222. The van der Waals surface area contributed by atoms with Crippen LogP contribution in [-0.4, -0.2) is 31.0 Å². The molecule has 1 rings (SSSR count). The first-order valence-corrected chi connectivity index (χ1v) is 6.42. The third kappa shape index (κ3) is 4.19. The number of benzene rings is 1. The van der Waals surface area contributed by atoms with Crippen LogP contribution in [0.4, 0.5) is 5.69 Å². The van der Waals surface area contributed by atoms with Crippen LogP contribution >= 0.6 is 0 Å². The van der Waals surface area contributed by atoms with Crippen molar-refractivity contribution in [3.63, 3.8) is 0 Å². The molecule has 0 fully saturated rings. The summed E-state index contributed by atoms with van der Waals surface area (Å²) in [6.45, 7) is -0.282. The summed E-state index contributed by atoms with van der Waals surface area (Å²) >= 11 is 0. The van der Waals surface area contributed by atoms with Crippen molar-refractivity contribution in [1.29, 1.82) is 0 Å².